The van der Waals surface area contributed by atoms with E-state index in [1.165, 1.54) is 4.31 Å². The van der Waals surface area contributed by atoms with Gasteiger partial charge in [-0.1, -0.05) is 13.3 Å². The Labute approximate surface area is 138 Å². The normalized spacial score (nSPS) is 11.1. The Morgan fingerprint density at radius 1 is 1.22 bits per heavy atom. The number of ether oxygens (including phenoxy) is 1. The molecule has 0 bridgehead atoms. The van der Waals surface area contributed by atoms with Crippen LogP contribution in [0.15, 0.2) is 24.3 Å². The van der Waals surface area contributed by atoms with Crippen molar-refractivity contribution in [1.29, 1.82) is 0 Å². The second kappa shape index (κ2) is 9.39. The summed E-state index contributed by atoms with van der Waals surface area (Å²) in [5.74, 6) is 0.643. The van der Waals surface area contributed by atoms with Gasteiger partial charge >= 0.3 is 0 Å². The van der Waals surface area contributed by atoms with Gasteiger partial charge in [0, 0.05) is 13.0 Å². The van der Waals surface area contributed by atoms with Crippen LogP contribution >= 0.6 is 0 Å². The lowest BCUT2D eigenvalue weighted by Crippen LogP contribution is -2.38. The van der Waals surface area contributed by atoms with E-state index in [2.05, 4.69) is 5.32 Å². The Morgan fingerprint density at radius 3 is 2.39 bits per heavy atom. The maximum Gasteiger partial charge on any atom is 0.232 e. The number of carbonyl (C=O) groups excluding carboxylic acids is 1. The van der Waals surface area contributed by atoms with Crippen molar-refractivity contribution in [2.24, 2.45) is 0 Å². The van der Waals surface area contributed by atoms with Crippen LogP contribution < -0.4 is 14.4 Å². The van der Waals surface area contributed by atoms with Gasteiger partial charge in [0.1, 0.15) is 5.75 Å². The zero-order chi connectivity index (χ0) is 17.3. The summed E-state index contributed by atoms with van der Waals surface area (Å²) in [7, 11) is -3.42. The van der Waals surface area contributed by atoms with E-state index < -0.39 is 10.0 Å². The summed E-state index contributed by atoms with van der Waals surface area (Å²) in [6, 6.07) is 6.86. The second-order valence-corrected chi connectivity index (χ2v) is 7.12. The maximum atomic E-state index is 12.0. The third kappa shape index (κ3) is 6.90. The highest BCUT2D eigenvalue weighted by Crippen LogP contribution is 2.21. The topological polar surface area (TPSA) is 75.7 Å². The molecule has 0 radical (unpaired) electrons. The molecular weight excluding hydrogens is 316 g/mol. The highest BCUT2D eigenvalue weighted by molar-refractivity contribution is 7.92. The predicted molar refractivity (Wildman–Crippen MR) is 92.3 cm³/mol. The standard InChI is InChI=1S/C16H26N2O4S/c1-4-6-7-16(19)17-12-13-18(23(3,20)21)14-8-10-15(11-9-14)22-5-2/h8-11H,4-7,12-13H2,1-3H3,(H,17,19). The summed E-state index contributed by atoms with van der Waals surface area (Å²) in [6.45, 7) is 4.94. The van der Waals surface area contributed by atoms with Crippen molar-refractivity contribution >= 4 is 21.6 Å². The van der Waals surface area contributed by atoms with Gasteiger partial charge in [-0.3, -0.25) is 9.10 Å². The lowest BCUT2D eigenvalue weighted by Gasteiger charge is -2.22. The molecule has 7 heteroatoms. The quantitative estimate of drug-likeness (QED) is 0.707. The monoisotopic (exact) mass is 342 g/mol. The van der Waals surface area contributed by atoms with Crippen LogP contribution in [0, 0.1) is 0 Å². The highest BCUT2D eigenvalue weighted by atomic mass is 32.2. The molecule has 0 aromatic heterocycles. The van der Waals surface area contributed by atoms with E-state index in [4.69, 9.17) is 4.74 Å². The number of unbranched alkanes of at least 4 members (excludes halogenated alkanes) is 1. The van der Waals surface area contributed by atoms with Crippen LogP contribution in [0.3, 0.4) is 0 Å². The Hall–Kier alpha value is -1.76. The van der Waals surface area contributed by atoms with Crippen molar-refractivity contribution in [1.82, 2.24) is 5.32 Å². The van der Waals surface area contributed by atoms with Gasteiger partial charge in [0.15, 0.2) is 0 Å². The number of hydrogen-bond donors (Lipinski definition) is 1. The van der Waals surface area contributed by atoms with E-state index >= 15 is 0 Å². The number of nitrogens with one attached hydrogen (secondary N) is 1. The summed E-state index contributed by atoms with van der Waals surface area (Å²) in [6.07, 6.45) is 3.41. The van der Waals surface area contributed by atoms with Crippen molar-refractivity contribution in [3.63, 3.8) is 0 Å². The molecule has 1 aromatic carbocycles. The number of anilines is 1. The van der Waals surface area contributed by atoms with Crippen LogP contribution in [-0.4, -0.2) is 40.3 Å². The number of hydrogen-bond acceptors (Lipinski definition) is 4. The van der Waals surface area contributed by atoms with Gasteiger partial charge in [0.2, 0.25) is 15.9 Å². The third-order valence-electron chi connectivity index (χ3n) is 3.23. The van der Waals surface area contributed by atoms with Crippen LogP contribution in [0.4, 0.5) is 5.69 Å². The molecule has 0 atom stereocenters. The molecule has 130 valence electrons. The van der Waals surface area contributed by atoms with Crippen LogP contribution in [0.2, 0.25) is 0 Å². The molecule has 1 aromatic rings. The maximum absolute atomic E-state index is 12.0. The van der Waals surface area contributed by atoms with Crippen LogP contribution in [0.5, 0.6) is 5.75 Å². The summed E-state index contributed by atoms with van der Waals surface area (Å²) in [5.41, 5.74) is 0.554. The molecule has 0 aliphatic heterocycles. The van der Waals surface area contributed by atoms with Gasteiger partial charge in [0.05, 0.1) is 25.1 Å². The summed E-state index contributed by atoms with van der Waals surface area (Å²) in [4.78, 5) is 11.6. The molecule has 1 rings (SSSR count). The number of sulfonamides is 1. The van der Waals surface area contributed by atoms with Crippen molar-refractivity contribution in [3.05, 3.63) is 24.3 Å². The van der Waals surface area contributed by atoms with Crippen molar-refractivity contribution < 1.29 is 17.9 Å². The molecule has 0 heterocycles. The average Bonchev–Trinajstić information content (AvgIpc) is 2.50. The number of nitrogens with zero attached hydrogens (tertiary/aromatic N) is 1. The van der Waals surface area contributed by atoms with E-state index in [1.54, 1.807) is 24.3 Å². The Morgan fingerprint density at radius 2 is 1.87 bits per heavy atom. The molecule has 0 saturated carbocycles. The van der Waals surface area contributed by atoms with E-state index in [0.717, 1.165) is 19.1 Å². The molecule has 0 unspecified atom stereocenters. The van der Waals surface area contributed by atoms with Gasteiger partial charge in [-0.05, 0) is 37.6 Å². The van der Waals surface area contributed by atoms with Gasteiger partial charge in [0.25, 0.3) is 0 Å². The molecule has 6 nitrogen and oxygen atoms in total. The highest BCUT2D eigenvalue weighted by Gasteiger charge is 2.17. The minimum Gasteiger partial charge on any atom is -0.494 e. The first-order valence-corrected chi connectivity index (χ1v) is 9.70. The minimum absolute atomic E-state index is 0.0491. The van der Waals surface area contributed by atoms with E-state index in [-0.39, 0.29) is 19.0 Å². The summed E-state index contributed by atoms with van der Waals surface area (Å²) in [5, 5.41) is 2.75. The van der Waals surface area contributed by atoms with Crippen LogP contribution in [0.25, 0.3) is 0 Å². The third-order valence-corrected chi connectivity index (χ3v) is 4.42. The summed E-state index contributed by atoms with van der Waals surface area (Å²) >= 11 is 0. The molecular formula is C16H26N2O4S. The second-order valence-electron chi connectivity index (χ2n) is 5.22. The molecule has 23 heavy (non-hydrogen) atoms. The fourth-order valence-corrected chi connectivity index (χ4v) is 3.01. The number of carbonyl (C=O) groups is 1. The molecule has 1 amide bonds. The molecule has 0 fully saturated rings. The first-order valence-electron chi connectivity index (χ1n) is 7.85. The number of rotatable bonds is 10. The van der Waals surface area contributed by atoms with Crippen LogP contribution in [-0.2, 0) is 14.8 Å². The Bertz CT molecular complexity index is 585. The predicted octanol–water partition coefficient (Wildman–Crippen LogP) is 2.16. The Balaban J connectivity index is 2.68. The zero-order valence-electron chi connectivity index (χ0n) is 14.0. The van der Waals surface area contributed by atoms with Gasteiger partial charge < -0.3 is 10.1 Å². The molecule has 1 N–H and O–H groups in total. The smallest absolute Gasteiger partial charge is 0.232 e. The van der Waals surface area contributed by atoms with Crippen molar-refractivity contribution in [2.75, 3.05) is 30.3 Å². The molecule has 0 spiro atoms. The van der Waals surface area contributed by atoms with Crippen LogP contribution in [0.1, 0.15) is 33.1 Å². The lowest BCUT2D eigenvalue weighted by atomic mass is 10.2. The molecule has 0 saturated heterocycles. The number of benzene rings is 1. The minimum atomic E-state index is -3.42. The van der Waals surface area contributed by atoms with Gasteiger partial charge in [-0.15, -0.1) is 0 Å². The fraction of sp³-hybridized carbons (Fsp3) is 0.562. The van der Waals surface area contributed by atoms with E-state index in [9.17, 15) is 13.2 Å². The zero-order valence-corrected chi connectivity index (χ0v) is 14.9. The van der Waals surface area contributed by atoms with Gasteiger partial charge in [-0.25, -0.2) is 8.42 Å². The first-order chi connectivity index (χ1) is 10.9. The van der Waals surface area contributed by atoms with E-state index in [0.29, 0.717) is 24.5 Å². The largest absolute Gasteiger partial charge is 0.494 e. The first kappa shape index (κ1) is 19.3. The SMILES string of the molecule is CCCCC(=O)NCCN(c1ccc(OCC)cc1)S(C)(=O)=O. The van der Waals surface area contributed by atoms with E-state index in [1.807, 2.05) is 13.8 Å². The Kier molecular flexibility index (Phi) is 7.88. The molecule has 0 aliphatic carbocycles. The van der Waals surface area contributed by atoms with Crippen molar-refractivity contribution in [3.8, 4) is 5.75 Å². The van der Waals surface area contributed by atoms with Crippen molar-refractivity contribution in [2.45, 2.75) is 33.1 Å². The summed E-state index contributed by atoms with van der Waals surface area (Å²) < 4.78 is 30.6. The average molecular weight is 342 g/mol. The van der Waals surface area contributed by atoms with Gasteiger partial charge in [-0.2, -0.15) is 0 Å². The lowest BCUT2D eigenvalue weighted by molar-refractivity contribution is -0.121. The fourth-order valence-electron chi connectivity index (χ4n) is 2.08. The number of amides is 1. The molecule has 0 aliphatic rings.